The van der Waals surface area contributed by atoms with Gasteiger partial charge in [-0.25, -0.2) is 0 Å². The summed E-state index contributed by atoms with van der Waals surface area (Å²) in [4.78, 5) is 10.7. The average Bonchev–Trinajstić information content (AvgIpc) is 2.24. The van der Waals surface area contributed by atoms with E-state index in [9.17, 15) is 4.79 Å². The molecular weight excluding hydrogens is 168 g/mol. The largest absolute Gasteiger partial charge is 0.340 e. The van der Waals surface area contributed by atoms with E-state index in [1.165, 1.54) is 0 Å². The number of hydrogen-bond acceptors (Lipinski definition) is 3. The van der Waals surface area contributed by atoms with Gasteiger partial charge in [0.25, 0.3) is 0 Å². The molecule has 0 aromatic carbocycles. The van der Waals surface area contributed by atoms with E-state index in [1.807, 2.05) is 33.8 Å². The van der Waals surface area contributed by atoms with Crippen LogP contribution in [0.4, 0.5) is 0 Å². The van der Waals surface area contributed by atoms with Crippen molar-refractivity contribution in [2.45, 2.75) is 45.7 Å². The molecule has 74 valence electrons. The number of aldehydes is 1. The molecule has 0 aromatic rings. The van der Waals surface area contributed by atoms with Crippen molar-refractivity contribution in [1.82, 2.24) is 0 Å². The maximum atomic E-state index is 10.7. The van der Waals surface area contributed by atoms with Crippen molar-refractivity contribution >= 4 is 6.29 Å². The molecule has 3 heteroatoms. The van der Waals surface area contributed by atoms with Crippen LogP contribution in [0.3, 0.4) is 0 Å². The first-order chi connectivity index (χ1) is 5.94. The maximum absolute atomic E-state index is 10.7. The van der Waals surface area contributed by atoms with Gasteiger partial charge in [0.1, 0.15) is 12.2 Å². The van der Waals surface area contributed by atoms with E-state index in [4.69, 9.17) is 9.47 Å². The van der Waals surface area contributed by atoms with E-state index in [-0.39, 0.29) is 6.10 Å². The topological polar surface area (TPSA) is 35.5 Å². The van der Waals surface area contributed by atoms with Crippen LogP contribution in [0.15, 0.2) is 11.6 Å². The fourth-order valence-electron chi connectivity index (χ4n) is 1.38. The van der Waals surface area contributed by atoms with Crippen LogP contribution >= 0.6 is 0 Å². The lowest BCUT2D eigenvalue weighted by atomic mass is 10.1. The lowest BCUT2D eigenvalue weighted by Gasteiger charge is -2.15. The highest BCUT2D eigenvalue weighted by atomic mass is 16.8. The molecule has 1 rings (SSSR count). The average molecular weight is 184 g/mol. The first kappa shape index (κ1) is 10.4. The molecule has 0 aromatic heterocycles. The highest BCUT2D eigenvalue weighted by Crippen LogP contribution is 2.28. The van der Waals surface area contributed by atoms with E-state index in [0.29, 0.717) is 0 Å². The molecule has 0 bridgehead atoms. The van der Waals surface area contributed by atoms with Crippen molar-refractivity contribution in [2.75, 3.05) is 0 Å². The number of hydrogen-bond donors (Lipinski definition) is 0. The lowest BCUT2D eigenvalue weighted by Crippen LogP contribution is -2.22. The van der Waals surface area contributed by atoms with Crippen LogP contribution in [-0.2, 0) is 14.3 Å². The summed E-state index contributed by atoms with van der Waals surface area (Å²) in [5.41, 5.74) is 1.12. The molecule has 0 unspecified atom stereocenters. The zero-order chi connectivity index (χ0) is 10.1. The highest BCUT2D eigenvalue weighted by Gasteiger charge is 2.39. The van der Waals surface area contributed by atoms with Crippen LogP contribution in [-0.4, -0.2) is 24.3 Å². The van der Waals surface area contributed by atoms with Gasteiger partial charge in [-0.1, -0.05) is 11.6 Å². The molecule has 1 heterocycles. The normalized spacial score (nSPS) is 31.4. The quantitative estimate of drug-likeness (QED) is 0.483. The lowest BCUT2D eigenvalue weighted by molar-refractivity contribution is -0.148. The van der Waals surface area contributed by atoms with E-state index in [2.05, 4.69) is 0 Å². The van der Waals surface area contributed by atoms with Crippen molar-refractivity contribution in [1.29, 1.82) is 0 Å². The van der Waals surface area contributed by atoms with Gasteiger partial charge in [0.2, 0.25) is 0 Å². The Morgan fingerprint density at radius 1 is 1.23 bits per heavy atom. The molecule has 0 N–H and O–H groups in total. The number of carbonyl (C=O) groups is 1. The van der Waals surface area contributed by atoms with Crippen molar-refractivity contribution in [2.24, 2.45) is 0 Å². The molecule has 1 aliphatic heterocycles. The van der Waals surface area contributed by atoms with E-state index >= 15 is 0 Å². The molecule has 0 saturated carbocycles. The zero-order valence-corrected chi connectivity index (χ0v) is 8.53. The smallest absolute Gasteiger partial charge is 0.164 e. The summed E-state index contributed by atoms with van der Waals surface area (Å²) in [5.74, 6) is -0.651. The summed E-state index contributed by atoms with van der Waals surface area (Å²) in [6.07, 6.45) is 1.99. The molecule has 3 nitrogen and oxygen atoms in total. The van der Waals surface area contributed by atoms with Crippen LogP contribution < -0.4 is 0 Å². The van der Waals surface area contributed by atoms with Gasteiger partial charge >= 0.3 is 0 Å². The van der Waals surface area contributed by atoms with Crippen LogP contribution in [0.25, 0.3) is 0 Å². The molecule has 13 heavy (non-hydrogen) atoms. The molecule has 0 aliphatic carbocycles. The van der Waals surface area contributed by atoms with Crippen molar-refractivity contribution in [3.05, 3.63) is 11.6 Å². The van der Waals surface area contributed by atoms with Crippen molar-refractivity contribution in [3.63, 3.8) is 0 Å². The standard InChI is InChI=1S/C10H16O3/c1-7(2)5-8-9(6-11)13-10(3,4)12-8/h5-6,8-9H,1-4H3/t8-,9-/m0/s1. The molecule has 0 amide bonds. The Morgan fingerprint density at radius 2 is 1.77 bits per heavy atom. The Morgan fingerprint density at radius 3 is 2.23 bits per heavy atom. The Hall–Kier alpha value is -0.670. The minimum Gasteiger partial charge on any atom is -0.340 e. The van der Waals surface area contributed by atoms with Gasteiger partial charge in [0.05, 0.1) is 0 Å². The minimum atomic E-state index is -0.651. The molecule has 1 saturated heterocycles. The first-order valence-corrected chi connectivity index (χ1v) is 4.40. The second-order valence-corrected chi connectivity index (χ2v) is 3.94. The number of rotatable bonds is 2. The summed E-state index contributed by atoms with van der Waals surface area (Å²) >= 11 is 0. The van der Waals surface area contributed by atoms with Gasteiger partial charge in [-0.15, -0.1) is 0 Å². The van der Waals surface area contributed by atoms with Gasteiger partial charge in [0.15, 0.2) is 12.1 Å². The highest BCUT2D eigenvalue weighted by molar-refractivity contribution is 5.58. The SMILES string of the molecule is CC(C)=C[C@@H]1OC(C)(C)O[C@H]1C=O. The monoisotopic (exact) mass is 184 g/mol. The summed E-state index contributed by atoms with van der Waals surface area (Å²) in [7, 11) is 0. The van der Waals surface area contributed by atoms with Gasteiger partial charge in [-0.3, -0.25) is 0 Å². The van der Waals surface area contributed by atoms with E-state index in [1.54, 1.807) is 0 Å². The third kappa shape index (κ3) is 2.64. The fourth-order valence-corrected chi connectivity index (χ4v) is 1.38. The second-order valence-electron chi connectivity index (χ2n) is 3.94. The number of ether oxygens (including phenoxy) is 2. The van der Waals surface area contributed by atoms with Gasteiger partial charge in [0, 0.05) is 0 Å². The molecule has 0 radical (unpaired) electrons. The van der Waals surface area contributed by atoms with Gasteiger partial charge in [-0.05, 0) is 27.7 Å². The third-order valence-corrected chi connectivity index (χ3v) is 1.80. The van der Waals surface area contributed by atoms with Crippen LogP contribution in [0.2, 0.25) is 0 Å². The van der Waals surface area contributed by atoms with Gasteiger partial charge < -0.3 is 14.3 Å². The van der Waals surface area contributed by atoms with Crippen molar-refractivity contribution in [3.8, 4) is 0 Å². The van der Waals surface area contributed by atoms with Crippen LogP contribution in [0.1, 0.15) is 27.7 Å². The van der Waals surface area contributed by atoms with Crippen LogP contribution in [0, 0.1) is 0 Å². The molecule has 1 aliphatic rings. The number of allylic oxidation sites excluding steroid dienone is 1. The fraction of sp³-hybridized carbons (Fsp3) is 0.700. The Kier molecular flexibility index (Phi) is 2.88. The predicted molar refractivity (Wildman–Crippen MR) is 49.3 cm³/mol. The van der Waals surface area contributed by atoms with Crippen molar-refractivity contribution < 1.29 is 14.3 Å². The summed E-state index contributed by atoms with van der Waals surface area (Å²) in [6, 6.07) is 0. The zero-order valence-electron chi connectivity index (χ0n) is 8.53. The summed E-state index contributed by atoms with van der Waals surface area (Å²) in [6.45, 7) is 7.55. The second kappa shape index (κ2) is 3.60. The Balaban J connectivity index is 2.75. The molecule has 0 spiro atoms. The Labute approximate surface area is 78.7 Å². The first-order valence-electron chi connectivity index (χ1n) is 4.40. The van der Waals surface area contributed by atoms with Crippen LogP contribution in [0.5, 0.6) is 0 Å². The maximum Gasteiger partial charge on any atom is 0.164 e. The van der Waals surface area contributed by atoms with E-state index < -0.39 is 11.9 Å². The molecular formula is C10H16O3. The minimum absolute atomic E-state index is 0.238. The molecule has 1 fully saturated rings. The predicted octanol–water partition coefficient (Wildman–Crippen LogP) is 1.67. The third-order valence-electron chi connectivity index (χ3n) is 1.80. The summed E-state index contributed by atoms with van der Waals surface area (Å²) in [5, 5.41) is 0. The summed E-state index contributed by atoms with van der Waals surface area (Å²) < 4.78 is 10.9. The molecule has 2 atom stereocenters. The Bertz CT molecular complexity index is 226. The number of carbonyl (C=O) groups excluding carboxylic acids is 1. The van der Waals surface area contributed by atoms with E-state index in [0.717, 1.165) is 11.9 Å². The van der Waals surface area contributed by atoms with Gasteiger partial charge in [-0.2, -0.15) is 0 Å².